The van der Waals surface area contributed by atoms with Crippen molar-refractivity contribution in [3.8, 4) is 0 Å². The largest absolute Gasteiger partial charge is 0.668 e. The van der Waals surface area contributed by atoms with E-state index in [1.54, 1.807) is 14.1 Å². The second-order valence-electron chi connectivity index (χ2n) is 7.19. The molecule has 0 aliphatic heterocycles. The van der Waals surface area contributed by atoms with Gasteiger partial charge in [0, 0.05) is 0 Å². The SMILES string of the molecule is CC1CC[CH-]CC1.CCC(C)(C)[N]=[Ta].C[N-]C.[CH-]1CCCCC1. The molecule has 0 unspecified atom stereocenters. The topological polar surface area (TPSA) is 26.5 Å². The van der Waals surface area contributed by atoms with Crippen LogP contribution in [0.4, 0.5) is 0 Å². The molecule has 0 spiro atoms. The molecule has 0 bridgehead atoms. The van der Waals surface area contributed by atoms with Crippen molar-refractivity contribution in [1.29, 1.82) is 0 Å². The molecule has 0 saturated heterocycles. The van der Waals surface area contributed by atoms with Gasteiger partial charge in [0.05, 0.1) is 0 Å². The number of hydrogen-bond acceptors (Lipinski definition) is 1. The fourth-order valence-electron chi connectivity index (χ4n) is 2.06. The van der Waals surface area contributed by atoms with E-state index in [4.69, 9.17) is 0 Å². The van der Waals surface area contributed by atoms with E-state index >= 15 is 0 Å². The summed E-state index contributed by atoms with van der Waals surface area (Å²) < 4.78 is 4.25. The normalized spacial score (nSPS) is 18.1. The molecule has 0 aromatic heterocycles. The molecule has 2 saturated carbocycles. The molecule has 0 amide bonds. The van der Waals surface area contributed by atoms with Crippen LogP contribution in [0.25, 0.3) is 5.32 Å². The molecule has 0 heterocycles. The van der Waals surface area contributed by atoms with Crippen LogP contribution < -0.4 is 0 Å². The quantitative estimate of drug-likeness (QED) is 0.370. The number of hydrogen-bond donors (Lipinski definition) is 0. The molecule has 2 nitrogen and oxygen atoms in total. The first-order chi connectivity index (χ1) is 10.9. The van der Waals surface area contributed by atoms with Crippen LogP contribution in [0.2, 0.25) is 0 Å². The molecule has 2 aliphatic carbocycles. The summed E-state index contributed by atoms with van der Waals surface area (Å²) >= 11 is 1.16. The van der Waals surface area contributed by atoms with E-state index in [-0.39, 0.29) is 5.54 Å². The van der Waals surface area contributed by atoms with Crippen molar-refractivity contribution < 1.29 is 20.9 Å². The van der Waals surface area contributed by atoms with E-state index < -0.39 is 0 Å². The van der Waals surface area contributed by atoms with Crippen molar-refractivity contribution in [3.05, 3.63) is 18.2 Å². The van der Waals surface area contributed by atoms with Crippen molar-refractivity contribution in [2.75, 3.05) is 14.1 Å². The van der Waals surface area contributed by atoms with Gasteiger partial charge in [-0.25, -0.2) is 0 Å². The Balaban J connectivity index is 0. The third-order valence-electron chi connectivity index (χ3n) is 4.18. The fraction of sp³-hybridized carbons (Fsp3) is 0.900. The first kappa shape index (κ1) is 25.7. The Bertz CT molecular complexity index is 220. The molecular weight excluding hydrogens is 449 g/mol. The minimum atomic E-state index is 0.258. The van der Waals surface area contributed by atoms with Gasteiger partial charge in [-0.05, 0) is 5.92 Å². The van der Waals surface area contributed by atoms with Crippen LogP contribution in [-0.2, 0) is 20.9 Å². The van der Waals surface area contributed by atoms with Crippen molar-refractivity contribution in [2.45, 2.75) is 97.4 Å². The maximum atomic E-state index is 4.25. The third-order valence-corrected chi connectivity index (χ3v) is 6.12. The second kappa shape index (κ2) is 18.8. The summed E-state index contributed by atoms with van der Waals surface area (Å²) in [6, 6.07) is 0. The van der Waals surface area contributed by atoms with Crippen LogP contribution >= 0.6 is 0 Å². The molecule has 3 heteroatoms. The van der Waals surface area contributed by atoms with Crippen molar-refractivity contribution in [1.82, 2.24) is 0 Å². The van der Waals surface area contributed by atoms with Crippen molar-refractivity contribution in [2.24, 2.45) is 9.26 Å². The fourth-order valence-corrected chi connectivity index (χ4v) is 2.57. The predicted octanol–water partition coefficient (Wildman–Crippen LogP) is 7.08. The van der Waals surface area contributed by atoms with Gasteiger partial charge in [0.2, 0.25) is 0 Å². The summed E-state index contributed by atoms with van der Waals surface area (Å²) in [5.41, 5.74) is 0.258. The summed E-state index contributed by atoms with van der Waals surface area (Å²) in [7, 11) is 3.50. The van der Waals surface area contributed by atoms with E-state index in [1.807, 2.05) is 0 Å². The molecule has 2 fully saturated rings. The summed E-state index contributed by atoms with van der Waals surface area (Å²) in [6.45, 7) is 8.82. The van der Waals surface area contributed by atoms with E-state index in [1.165, 1.54) is 57.8 Å². The van der Waals surface area contributed by atoms with Gasteiger partial charge in [-0.15, -0.1) is 0 Å². The van der Waals surface area contributed by atoms with Crippen LogP contribution in [0.3, 0.4) is 0 Å². The van der Waals surface area contributed by atoms with Gasteiger partial charge in [-0.1, -0.05) is 39.0 Å². The van der Waals surface area contributed by atoms with E-state index in [0.29, 0.717) is 0 Å². The maximum Gasteiger partial charge on any atom is -0.0582 e. The Hall–Kier alpha value is 0.500. The molecule has 0 atom stereocenters. The predicted molar refractivity (Wildman–Crippen MR) is 101 cm³/mol. The zero-order valence-corrected chi connectivity index (χ0v) is 19.9. The van der Waals surface area contributed by atoms with Gasteiger partial charge in [0.1, 0.15) is 0 Å². The summed E-state index contributed by atoms with van der Waals surface area (Å²) in [5, 5.41) is 3.50. The minimum absolute atomic E-state index is 0.258. The Morgan fingerprint density at radius 1 is 1.00 bits per heavy atom. The van der Waals surface area contributed by atoms with Crippen molar-refractivity contribution in [3.63, 3.8) is 0 Å². The van der Waals surface area contributed by atoms with Crippen LogP contribution in [0.15, 0.2) is 3.34 Å². The second-order valence-corrected chi connectivity index (χ2v) is 7.91. The maximum absolute atomic E-state index is 4.25. The average Bonchev–Trinajstić information content (AvgIpc) is 2.59. The van der Waals surface area contributed by atoms with Gasteiger partial charge in [-0.2, -0.15) is 39.8 Å². The monoisotopic (exact) mass is 490 g/mol. The molecule has 23 heavy (non-hydrogen) atoms. The zero-order valence-electron chi connectivity index (χ0n) is 16.6. The molecule has 0 aromatic rings. The molecule has 0 N–H and O–H groups in total. The zero-order chi connectivity index (χ0) is 18.0. The van der Waals surface area contributed by atoms with Crippen molar-refractivity contribution >= 4 is 0 Å². The van der Waals surface area contributed by atoms with Crippen LogP contribution in [0.1, 0.15) is 91.9 Å². The van der Waals surface area contributed by atoms with Crippen LogP contribution in [-0.4, -0.2) is 19.6 Å². The van der Waals surface area contributed by atoms with E-state index in [2.05, 4.69) is 49.2 Å². The number of rotatable bonds is 2. The summed E-state index contributed by atoms with van der Waals surface area (Å²) in [5.74, 6) is 1.00. The molecule has 2 rings (SSSR count). The standard InChI is InChI=1S/C7H13.C6H11.C5H11N.C2H6N.Ta/c1-7-5-3-2-4-6-7;1-2-4-6-5-3-1;1-4-5(2,3)6;1-3-2;/h2,7H,3-6H2,1H3;1H,2-6H2;4H2,1-3H3;1-2H3;/q2*-1;;-1;. The molecule has 139 valence electrons. The smallest absolute Gasteiger partial charge is 0.0582 e. The van der Waals surface area contributed by atoms with Gasteiger partial charge in [-0.3, -0.25) is 0 Å². The average molecular weight is 491 g/mol. The van der Waals surface area contributed by atoms with Crippen LogP contribution in [0, 0.1) is 18.8 Å². The van der Waals surface area contributed by atoms with Gasteiger partial charge in [0.15, 0.2) is 0 Å². The molecule has 0 radical (unpaired) electrons. The van der Waals surface area contributed by atoms with Gasteiger partial charge in [0.25, 0.3) is 0 Å². The number of nitrogens with zero attached hydrogens (tertiary/aromatic N) is 2. The molecular formula is C20H41N2Ta-3. The van der Waals surface area contributed by atoms with Gasteiger partial charge >= 0.3 is 57.0 Å². The Morgan fingerprint density at radius 3 is 1.57 bits per heavy atom. The first-order valence-corrected chi connectivity index (χ1v) is 10.8. The Labute approximate surface area is 159 Å². The Kier molecular flexibility index (Phi) is 21.1. The summed E-state index contributed by atoms with van der Waals surface area (Å²) in [6.07, 6.45) is 18.6. The van der Waals surface area contributed by atoms with E-state index in [9.17, 15) is 0 Å². The summed E-state index contributed by atoms with van der Waals surface area (Å²) in [4.78, 5) is 0. The Morgan fingerprint density at radius 2 is 1.43 bits per heavy atom. The van der Waals surface area contributed by atoms with Gasteiger partial charge < -0.3 is 18.2 Å². The first-order valence-electron chi connectivity index (χ1n) is 9.41. The van der Waals surface area contributed by atoms with Crippen LogP contribution in [0.5, 0.6) is 0 Å². The third kappa shape index (κ3) is 22.5. The minimum Gasteiger partial charge on any atom is -0.668 e. The molecule has 0 aromatic carbocycles. The molecule has 2 aliphatic rings. The van der Waals surface area contributed by atoms with E-state index in [0.717, 1.165) is 33.2 Å².